The number of nitrogens with one attached hydrogen (secondary N) is 1. The molecule has 0 aliphatic carbocycles. The number of anilines is 1. The quantitative estimate of drug-likeness (QED) is 0.843. The number of hydrogen-bond donors (Lipinski definition) is 1. The molecule has 1 saturated heterocycles. The number of rotatable bonds is 3. The van der Waals surface area contributed by atoms with Gasteiger partial charge in [0, 0.05) is 22.3 Å². The zero-order valence-electron chi connectivity index (χ0n) is 10.7. The van der Waals surface area contributed by atoms with Crippen molar-refractivity contribution in [3.8, 4) is 0 Å². The van der Waals surface area contributed by atoms with Gasteiger partial charge in [-0.1, -0.05) is 6.07 Å². The van der Waals surface area contributed by atoms with E-state index < -0.39 is 0 Å². The van der Waals surface area contributed by atoms with Crippen molar-refractivity contribution in [2.24, 2.45) is 0 Å². The molecule has 1 fully saturated rings. The molecule has 1 aliphatic rings. The number of amides is 1. The molecule has 98 valence electrons. The van der Waals surface area contributed by atoms with Crippen LogP contribution in [0.25, 0.3) is 0 Å². The summed E-state index contributed by atoms with van der Waals surface area (Å²) in [6, 6.07) is 6.19. The molecule has 1 amide bonds. The maximum Gasteiger partial charge on any atom is 0.241 e. The summed E-state index contributed by atoms with van der Waals surface area (Å²) >= 11 is 2.31. The van der Waals surface area contributed by atoms with E-state index in [0.29, 0.717) is 6.54 Å². The molecule has 3 nitrogen and oxygen atoms in total. The Morgan fingerprint density at radius 2 is 2.06 bits per heavy atom. The standard InChI is InChI=1S/C14H19IN2O/c1-11-5-6-12(9-13(11)15)16-10-14(18)17-7-3-2-4-8-17/h5-6,9,16H,2-4,7-8,10H2,1H3. The molecule has 4 heteroatoms. The first-order chi connectivity index (χ1) is 8.66. The van der Waals surface area contributed by atoms with E-state index in [4.69, 9.17) is 0 Å². The van der Waals surface area contributed by atoms with Crippen molar-refractivity contribution >= 4 is 34.2 Å². The molecule has 1 heterocycles. The first kappa shape index (κ1) is 13.6. The molecule has 2 rings (SSSR count). The van der Waals surface area contributed by atoms with E-state index in [9.17, 15) is 4.79 Å². The number of halogens is 1. The Labute approximate surface area is 122 Å². The highest BCUT2D eigenvalue weighted by Crippen LogP contribution is 2.17. The average Bonchev–Trinajstić information content (AvgIpc) is 2.41. The topological polar surface area (TPSA) is 32.3 Å². The van der Waals surface area contributed by atoms with Crippen LogP contribution in [0.15, 0.2) is 18.2 Å². The summed E-state index contributed by atoms with van der Waals surface area (Å²) in [7, 11) is 0. The third-order valence-electron chi connectivity index (χ3n) is 3.32. The highest BCUT2D eigenvalue weighted by Gasteiger charge is 2.15. The van der Waals surface area contributed by atoms with Crippen LogP contribution >= 0.6 is 22.6 Å². The van der Waals surface area contributed by atoms with Crippen molar-refractivity contribution in [2.45, 2.75) is 26.2 Å². The fourth-order valence-electron chi connectivity index (χ4n) is 2.14. The molecule has 0 bridgehead atoms. The van der Waals surface area contributed by atoms with Gasteiger partial charge in [0.15, 0.2) is 0 Å². The summed E-state index contributed by atoms with van der Waals surface area (Å²) in [6.45, 7) is 4.33. The lowest BCUT2D eigenvalue weighted by atomic mass is 10.1. The molecular formula is C14H19IN2O. The van der Waals surface area contributed by atoms with Crippen LogP contribution in [0.4, 0.5) is 5.69 Å². The predicted molar refractivity (Wildman–Crippen MR) is 82.8 cm³/mol. The molecule has 0 radical (unpaired) electrons. The number of likely N-dealkylation sites (tertiary alicyclic amines) is 1. The van der Waals surface area contributed by atoms with Crippen LogP contribution in [0.1, 0.15) is 24.8 Å². The number of carbonyl (C=O) groups is 1. The third kappa shape index (κ3) is 3.60. The summed E-state index contributed by atoms with van der Waals surface area (Å²) < 4.78 is 1.23. The Kier molecular flexibility index (Phi) is 4.86. The average molecular weight is 358 g/mol. The number of hydrogen-bond acceptors (Lipinski definition) is 2. The molecule has 0 unspecified atom stereocenters. The van der Waals surface area contributed by atoms with Crippen molar-refractivity contribution in [3.05, 3.63) is 27.3 Å². The van der Waals surface area contributed by atoms with Crippen molar-refractivity contribution in [1.29, 1.82) is 0 Å². The highest BCUT2D eigenvalue weighted by atomic mass is 127. The number of benzene rings is 1. The van der Waals surface area contributed by atoms with Gasteiger partial charge in [0.2, 0.25) is 5.91 Å². The Bertz CT molecular complexity index is 428. The zero-order chi connectivity index (χ0) is 13.0. The van der Waals surface area contributed by atoms with Crippen LogP contribution in [0, 0.1) is 10.5 Å². The number of nitrogens with zero attached hydrogens (tertiary/aromatic N) is 1. The van der Waals surface area contributed by atoms with Crippen LogP contribution < -0.4 is 5.32 Å². The fraction of sp³-hybridized carbons (Fsp3) is 0.500. The van der Waals surface area contributed by atoms with Crippen molar-refractivity contribution in [3.63, 3.8) is 0 Å². The first-order valence-corrected chi connectivity index (χ1v) is 7.52. The molecule has 0 aromatic heterocycles. The van der Waals surface area contributed by atoms with E-state index in [2.05, 4.69) is 47.0 Å². The largest absolute Gasteiger partial charge is 0.376 e. The van der Waals surface area contributed by atoms with Gasteiger partial charge >= 0.3 is 0 Å². The summed E-state index contributed by atoms with van der Waals surface area (Å²) in [5.74, 6) is 0.213. The molecule has 1 aromatic rings. The molecule has 0 atom stereocenters. The van der Waals surface area contributed by atoms with Crippen molar-refractivity contribution in [1.82, 2.24) is 4.90 Å². The van der Waals surface area contributed by atoms with E-state index in [1.807, 2.05) is 11.0 Å². The number of aryl methyl sites for hydroxylation is 1. The molecule has 18 heavy (non-hydrogen) atoms. The normalized spacial score (nSPS) is 15.6. The minimum Gasteiger partial charge on any atom is -0.376 e. The second-order valence-corrected chi connectivity index (χ2v) is 5.92. The lowest BCUT2D eigenvalue weighted by molar-refractivity contribution is -0.130. The summed E-state index contributed by atoms with van der Waals surface area (Å²) in [6.07, 6.45) is 3.55. The monoisotopic (exact) mass is 358 g/mol. The smallest absolute Gasteiger partial charge is 0.241 e. The van der Waals surface area contributed by atoms with Gasteiger partial charge in [0.25, 0.3) is 0 Å². The van der Waals surface area contributed by atoms with Gasteiger partial charge in [-0.25, -0.2) is 0 Å². The van der Waals surface area contributed by atoms with E-state index in [0.717, 1.165) is 31.6 Å². The van der Waals surface area contributed by atoms with Crippen LogP contribution in [0.2, 0.25) is 0 Å². The summed E-state index contributed by atoms with van der Waals surface area (Å²) in [5, 5.41) is 3.21. The van der Waals surface area contributed by atoms with Crippen LogP contribution in [0.3, 0.4) is 0 Å². The summed E-state index contributed by atoms with van der Waals surface area (Å²) in [5.41, 5.74) is 2.29. The molecule has 1 aromatic carbocycles. The molecule has 0 saturated carbocycles. The summed E-state index contributed by atoms with van der Waals surface area (Å²) in [4.78, 5) is 14.0. The molecule has 0 spiro atoms. The van der Waals surface area contributed by atoms with Gasteiger partial charge in [0.05, 0.1) is 6.54 Å². The van der Waals surface area contributed by atoms with Crippen LogP contribution in [-0.4, -0.2) is 30.4 Å². The zero-order valence-corrected chi connectivity index (χ0v) is 12.9. The molecule has 1 aliphatic heterocycles. The predicted octanol–water partition coefficient (Wildman–Crippen LogP) is 3.02. The van der Waals surface area contributed by atoms with E-state index in [-0.39, 0.29) is 5.91 Å². The minimum absolute atomic E-state index is 0.213. The van der Waals surface area contributed by atoms with Gasteiger partial charge < -0.3 is 10.2 Å². The van der Waals surface area contributed by atoms with Gasteiger partial charge in [-0.2, -0.15) is 0 Å². The second-order valence-electron chi connectivity index (χ2n) is 4.76. The lowest BCUT2D eigenvalue weighted by Crippen LogP contribution is -2.39. The van der Waals surface area contributed by atoms with Gasteiger partial charge in [-0.15, -0.1) is 0 Å². The molecule has 1 N–H and O–H groups in total. The van der Waals surface area contributed by atoms with Crippen LogP contribution in [-0.2, 0) is 4.79 Å². The van der Waals surface area contributed by atoms with Gasteiger partial charge in [0.1, 0.15) is 0 Å². The Balaban J connectivity index is 1.86. The maximum absolute atomic E-state index is 12.0. The molecular weight excluding hydrogens is 339 g/mol. The number of carbonyl (C=O) groups excluding carboxylic acids is 1. The van der Waals surface area contributed by atoms with Crippen molar-refractivity contribution < 1.29 is 4.79 Å². The van der Waals surface area contributed by atoms with Gasteiger partial charge in [-0.05, 0) is 66.5 Å². The highest BCUT2D eigenvalue weighted by molar-refractivity contribution is 14.1. The number of piperidine rings is 1. The van der Waals surface area contributed by atoms with E-state index in [1.54, 1.807) is 0 Å². The van der Waals surface area contributed by atoms with E-state index in [1.165, 1.54) is 15.6 Å². The SMILES string of the molecule is Cc1ccc(NCC(=O)N2CCCCC2)cc1I. The van der Waals surface area contributed by atoms with Crippen molar-refractivity contribution in [2.75, 3.05) is 25.0 Å². The van der Waals surface area contributed by atoms with Crippen LogP contribution in [0.5, 0.6) is 0 Å². The fourth-order valence-corrected chi connectivity index (χ4v) is 2.65. The Hall–Kier alpha value is -0.780. The third-order valence-corrected chi connectivity index (χ3v) is 4.49. The Morgan fingerprint density at radius 3 is 2.72 bits per heavy atom. The van der Waals surface area contributed by atoms with E-state index >= 15 is 0 Å². The Morgan fingerprint density at radius 1 is 1.33 bits per heavy atom. The maximum atomic E-state index is 12.0. The second kappa shape index (κ2) is 6.41. The van der Waals surface area contributed by atoms with Gasteiger partial charge in [-0.3, -0.25) is 4.79 Å². The minimum atomic E-state index is 0.213. The lowest BCUT2D eigenvalue weighted by Gasteiger charge is -2.26. The first-order valence-electron chi connectivity index (χ1n) is 6.44.